The Morgan fingerprint density at radius 3 is 2.50 bits per heavy atom. The summed E-state index contributed by atoms with van der Waals surface area (Å²) in [6.45, 7) is 10.2. The van der Waals surface area contributed by atoms with Crippen molar-refractivity contribution in [1.82, 2.24) is 15.2 Å². The monoisotopic (exact) mass is 331 g/mol. The Bertz CT molecular complexity index is 613. The van der Waals surface area contributed by atoms with E-state index >= 15 is 0 Å². The van der Waals surface area contributed by atoms with Crippen molar-refractivity contribution in [2.45, 2.75) is 26.4 Å². The van der Waals surface area contributed by atoms with Crippen LogP contribution < -0.4 is 10.2 Å². The number of aromatic nitrogens is 1. The molecule has 7 heteroatoms. The number of ether oxygens (including phenoxy) is 1. The van der Waals surface area contributed by atoms with E-state index in [0.29, 0.717) is 13.1 Å². The summed E-state index contributed by atoms with van der Waals surface area (Å²) < 4.78 is 5.42. The fourth-order valence-electron chi connectivity index (χ4n) is 2.75. The van der Waals surface area contributed by atoms with Crippen molar-refractivity contribution in [2.75, 3.05) is 44.2 Å². The highest BCUT2D eigenvalue weighted by atomic mass is 16.6. The van der Waals surface area contributed by atoms with Crippen molar-refractivity contribution in [3.05, 3.63) is 23.9 Å². The predicted octanol–water partition coefficient (Wildman–Crippen LogP) is 1.49. The zero-order chi connectivity index (χ0) is 17.2. The molecule has 1 N–H and O–H groups in total. The van der Waals surface area contributed by atoms with Gasteiger partial charge in [0.25, 0.3) is 0 Å². The topological polar surface area (TPSA) is 70.1 Å². The van der Waals surface area contributed by atoms with Gasteiger partial charge < -0.3 is 19.9 Å². The molecule has 0 spiro atoms. The number of hydrogen-bond acceptors (Lipinski definition) is 6. The van der Waals surface area contributed by atoms with Crippen LogP contribution in [-0.2, 0) is 4.74 Å². The number of amides is 1. The van der Waals surface area contributed by atoms with Crippen LogP contribution in [0.25, 0.3) is 0 Å². The number of anilines is 1. The van der Waals surface area contributed by atoms with Crippen molar-refractivity contribution in [3.63, 3.8) is 0 Å². The van der Waals surface area contributed by atoms with Gasteiger partial charge in [-0.15, -0.1) is 0 Å². The van der Waals surface area contributed by atoms with Crippen molar-refractivity contribution < 1.29 is 9.53 Å². The van der Waals surface area contributed by atoms with E-state index in [2.05, 4.69) is 20.2 Å². The second-order valence-electron chi connectivity index (χ2n) is 7.02. The van der Waals surface area contributed by atoms with E-state index in [9.17, 15) is 4.79 Å². The van der Waals surface area contributed by atoms with Crippen LogP contribution >= 0.6 is 0 Å². The zero-order valence-electron chi connectivity index (χ0n) is 14.6. The van der Waals surface area contributed by atoms with E-state index in [1.807, 2.05) is 39.1 Å². The van der Waals surface area contributed by atoms with Gasteiger partial charge in [0.05, 0.1) is 6.54 Å². The maximum absolute atomic E-state index is 12.1. The summed E-state index contributed by atoms with van der Waals surface area (Å²) in [5.74, 6) is 1.85. The van der Waals surface area contributed by atoms with Gasteiger partial charge in [0.2, 0.25) is 0 Å². The molecule has 24 heavy (non-hydrogen) atoms. The lowest BCUT2D eigenvalue weighted by Gasteiger charge is -2.36. The Hall–Kier alpha value is -2.31. The van der Waals surface area contributed by atoms with Crippen LogP contribution in [0.2, 0.25) is 0 Å². The van der Waals surface area contributed by atoms with Crippen molar-refractivity contribution >= 4 is 17.7 Å². The summed E-state index contributed by atoms with van der Waals surface area (Å²) in [6.07, 6.45) is 1.61. The average Bonchev–Trinajstić information content (AvgIpc) is 3.08. The highest BCUT2D eigenvalue weighted by Crippen LogP contribution is 2.16. The Kier molecular flexibility index (Phi) is 4.59. The molecule has 1 amide bonds. The van der Waals surface area contributed by atoms with Crippen molar-refractivity contribution in [1.29, 1.82) is 0 Å². The van der Waals surface area contributed by atoms with Crippen LogP contribution in [0, 0.1) is 0 Å². The van der Waals surface area contributed by atoms with Crippen LogP contribution in [-0.4, -0.2) is 66.7 Å². The number of pyridine rings is 1. The quantitative estimate of drug-likeness (QED) is 0.889. The molecule has 1 aromatic rings. The largest absolute Gasteiger partial charge is 0.444 e. The van der Waals surface area contributed by atoms with Gasteiger partial charge in [0, 0.05) is 44.5 Å². The lowest BCUT2D eigenvalue weighted by atomic mass is 10.2. The number of piperazine rings is 1. The van der Waals surface area contributed by atoms with Crippen molar-refractivity contribution in [3.8, 4) is 0 Å². The molecule has 2 aliphatic rings. The minimum absolute atomic E-state index is 0.240. The molecule has 0 aliphatic carbocycles. The smallest absolute Gasteiger partial charge is 0.410 e. The Morgan fingerprint density at radius 1 is 1.21 bits per heavy atom. The second-order valence-corrected chi connectivity index (χ2v) is 7.02. The third-order valence-corrected chi connectivity index (χ3v) is 3.95. The minimum atomic E-state index is -0.456. The molecule has 3 rings (SSSR count). The summed E-state index contributed by atoms with van der Waals surface area (Å²) in [6, 6.07) is 4.06. The SMILES string of the molecule is CC(C)(C)OC(=O)N1CCN(c2ccc(C3=NCCN3)cn2)CC1. The van der Waals surface area contributed by atoms with E-state index in [0.717, 1.165) is 43.4 Å². The van der Waals surface area contributed by atoms with Gasteiger partial charge in [-0.1, -0.05) is 0 Å². The fraction of sp³-hybridized carbons (Fsp3) is 0.588. The zero-order valence-corrected chi connectivity index (χ0v) is 14.6. The molecule has 1 fully saturated rings. The van der Waals surface area contributed by atoms with Crippen LogP contribution in [0.1, 0.15) is 26.3 Å². The molecule has 0 aromatic carbocycles. The lowest BCUT2D eigenvalue weighted by Crippen LogP contribution is -2.50. The van der Waals surface area contributed by atoms with Crippen LogP contribution in [0.3, 0.4) is 0 Å². The normalized spacial score (nSPS) is 18.2. The first-order valence-corrected chi connectivity index (χ1v) is 8.40. The number of aliphatic imine (C=N–C) groups is 1. The molecule has 1 aromatic heterocycles. The third kappa shape index (κ3) is 3.96. The van der Waals surface area contributed by atoms with Gasteiger partial charge in [0.15, 0.2) is 0 Å². The number of carbonyl (C=O) groups excluding carboxylic acids is 1. The van der Waals surface area contributed by atoms with Gasteiger partial charge in [0.1, 0.15) is 17.3 Å². The van der Waals surface area contributed by atoms with Crippen LogP contribution in [0.5, 0.6) is 0 Å². The van der Waals surface area contributed by atoms with E-state index in [1.165, 1.54) is 0 Å². The first-order valence-electron chi connectivity index (χ1n) is 8.40. The minimum Gasteiger partial charge on any atom is -0.444 e. The predicted molar refractivity (Wildman–Crippen MR) is 93.7 cm³/mol. The number of amidine groups is 1. The van der Waals surface area contributed by atoms with Gasteiger partial charge in [-0.3, -0.25) is 4.99 Å². The second kappa shape index (κ2) is 6.67. The molecule has 3 heterocycles. The molecule has 0 atom stereocenters. The highest BCUT2D eigenvalue weighted by Gasteiger charge is 2.26. The first kappa shape index (κ1) is 16.5. The molecular formula is C17H25N5O2. The molecule has 0 saturated carbocycles. The van der Waals surface area contributed by atoms with Gasteiger partial charge >= 0.3 is 6.09 Å². The Balaban J connectivity index is 1.55. The van der Waals surface area contributed by atoms with Crippen LogP contribution in [0.4, 0.5) is 10.6 Å². The maximum atomic E-state index is 12.1. The summed E-state index contributed by atoms with van der Waals surface area (Å²) in [7, 11) is 0. The molecule has 0 unspecified atom stereocenters. The molecule has 2 aliphatic heterocycles. The average molecular weight is 331 g/mol. The Morgan fingerprint density at radius 2 is 1.96 bits per heavy atom. The van der Waals surface area contributed by atoms with Crippen LogP contribution in [0.15, 0.2) is 23.3 Å². The molecule has 1 saturated heterocycles. The van der Waals surface area contributed by atoms with Crippen molar-refractivity contribution in [2.24, 2.45) is 4.99 Å². The highest BCUT2D eigenvalue weighted by molar-refractivity contribution is 5.99. The van der Waals surface area contributed by atoms with Gasteiger partial charge in [-0.2, -0.15) is 0 Å². The van der Waals surface area contributed by atoms with Gasteiger partial charge in [-0.25, -0.2) is 9.78 Å². The number of carbonyl (C=O) groups is 1. The molecule has 0 bridgehead atoms. The maximum Gasteiger partial charge on any atom is 0.410 e. The van der Waals surface area contributed by atoms with E-state index in [1.54, 1.807) is 4.90 Å². The number of hydrogen-bond donors (Lipinski definition) is 1. The fourth-order valence-corrected chi connectivity index (χ4v) is 2.75. The lowest BCUT2D eigenvalue weighted by molar-refractivity contribution is 0.0240. The van der Waals surface area contributed by atoms with Gasteiger partial charge in [-0.05, 0) is 32.9 Å². The molecule has 0 radical (unpaired) electrons. The number of rotatable bonds is 2. The number of nitrogens with one attached hydrogen (secondary N) is 1. The first-order chi connectivity index (χ1) is 11.4. The molecule has 7 nitrogen and oxygen atoms in total. The number of nitrogens with zero attached hydrogens (tertiary/aromatic N) is 4. The summed E-state index contributed by atoms with van der Waals surface area (Å²) in [5.41, 5.74) is 0.562. The van der Waals surface area contributed by atoms with E-state index in [-0.39, 0.29) is 6.09 Å². The standard InChI is InChI=1S/C17H25N5O2/c1-17(2,3)24-16(23)22-10-8-21(9-11-22)14-5-4-13(12-20-14)15-18-6-7-19-15/h4-5,12H,6-11H2,1-3H3,(H,18,19). The summed E-state index contributed by atoms with van der Waals surface area (Å²) in [4.78, 5) is 25.0. The molecule has 130 valence electrons. The molecular weight excluding hydrogens is 306 g/mol. The summed E-state index contributed by atoms with van der Waals surface area (Å²) in [5, 5.41) is 3.25. The van der Waals surface area contributed by atoms with E-state index < -0.39 is 5.60 Å². The third-order valence-electron chi connectivity index (χ3n) is 3.95. The summed E-state index contributed by atoms with van der Waals surface area (Å²) >= 11 is 0. The Labute approximate surface area is 142 Å². The van der Waals surface area contributed by atoms with E-state index in [4.69, 9.17) is 4.74 Å².